The predicted molar refractivity (Wildman–Crippen MR) is 85.1 cm³/mol. The Bertz CT molecular complexity index is 616. The van der Waals surface area contributed by atoms with Gasteiger partial charge in [0.25, 0.3) is 5.89 Å². The molecule has 0 radical (unpaired) electrons. The number of rotatable bonds is 6. The molecular weight excluding hydrogens is 358 g/mol. The van der Waals surface area contributed by atoms with Crippen molar-refractivity contribution < 1.29 is 9.26 Å². The molecule has 114 valence electrons. The van der Waals surface area contributed by atoms with Gasteiger partial charge in [0.2, 0.25) is 0 Å². The molecule has 0 spiro atoms. The zero-order chi connectivity index (χ0) is 15.5. The van der Waals surface area contributed by atoms with Crippen LogP contribution >= 0.6 is 27.5 Å². The maximum Gasteiger partial charge on any atom is 0.259 e. The third kappa shape index (κ3) is 3.83. The first-order valence-electron chi connectivity index (χ1n) is 6.61. The van der Waals surface area contributed by atoms with Crippen LogP contribution in [0.2, 0.25) is 5.02 Å². The Labute approximate surface area is 136 Å². The maximum absolute atomic E-state index is 6.22. The van der Waals surface area contributed by atoms with E-state index in [0.29, 0.717) is 35.5 Å². The zero-order valence-electron chi connectivity index (χ0n) is 11.9. The number of ether oxygens (including phenoxy) is 1. The van der Waals surface area contributed by atoms with Crippen LogP contribution in [0.3, 0.4) is 0 Å². The molecular formula is C14H17BrClN3O2. The Hall–Kier alpha value is -0.950. The highest BCUT2D eigenvalue weighted by atomic mass is 79.9. The zero-order valence-corrected chi connectivity index (χ0v) is 14.2. The van der Waals surface area contributed by atoms with E-state index in [4.69, 9.17) is 26.6 Å². The second kappa shape index (κ2) is 6.87. The lowest BCUT2D eigenvalue weighted by Gasteiger charge is -2.19. The van der Waals surface area contributed by atoms with Crippen LogP contribution < -0.4 is 5.73 Å². The first-order valence-corrected chi connectivity index (χ1v) is 7.78. The highest BCUT2D eigenvalue weighted by molar-refractivity contribution is 9.10. The Balaban J connectivity index is 2.23. The third-order valence-electron chi connectivity index (χ3n) is 2.87. The van der Waals surface area contributed by atoms with E-state index in [0.717, 1.165) is 10.9 Å². The summed E-state index contributed by atoms with van der Waals surface area (Å²) in [4.78, 5) is 4.34. The number of hydrogen-bond acceptors (Lipinski definition) is 5. The summed E-state index contributed by atoms with van der Waals surface area (Å²) >= 11 is 9.59. The van der Waals surface area contributed by atoms with E-state index >= 15 is 0 Å². The number of halogens is 2. The van der Waals surface area contributed by atoms with Crippen molar-refractivity contribution in [1.29, 1.82) is 0 Å². The van der Waals surface area contributed by atoms with Gasteiger partial charge in [-0.05, 0) is 41.4 Å². The number of nitrogens with zero attached hydrogens (tertiary/aromatic N) is 2. The van der Waals surface area contributed by atoms with Gasteiger partial charge in [-0.2, -0.15) is 4.98 Å². The lowest BCUT2D eigenvalue weighted by molar-refractivity contribution is 0.0867. The summed E-state index contributed by atoms with van der Waals surface area (Å²) in [5.41, 5.74) is 6.04. The lowest BCUT2D eigenvalue weighted by atomic mass is 10.1. The van der Waals surface area contributed by atoms with Crippen molar-refractivity contribution in [2.75, 3.05) is 13.2 Å². The Morgan fingerprint density at radius 3 is 2.95 bits per heavy atom. The summed E-state index contributed by atoms with van der Waals surface area (Å²) in [6.07, 6.45) is 0.932. The highest BCUT2D eigenvalue weighted by Gasteiger charge is 2.28. The average molecular weight is 375 g/mol. The smallest absolute Gasteiger partial charge is 0.259 e. The van der Waals surface area contributed by atoms with Gasteiger partial charge in [0.05, 0.1) is 17.2 Å². The fraction of sp³-hybridized carbons (Fsp3) is 0.429. The van der Waals surface area contributed by atoms with Crippen molar-refractivity contribution in [2.45, 2.75) is 25.8 Å². The quantitative estimate of drug-likeness (QED) is 0.779. The first-order chi connectivity index (χ1) is 9.95. The van der Waals surface area contributed by atoms with Crippen molar-refractivity contribution in [1.82, 2.24) is 10.1 Å². The standard InChI is InChI=1S/C14H17BrClN3O2/c1-3-7-20-8-14(2,17)13-18-12(21-19-13)9-5-4-6-10(15)11(9)16/h4-6H,3,7-8,17H2,1-2H3. The minimum atomic E-state index is -0.810. The van der Waals surface area contributed by atoms with Crippen LogP contribution in [0.15, 0.2) is 27.2 Å². The molecule has 0 saturated carbocycles. The predicted octanol–water partition coefficient (Wildman–Crippen LogP) is 3.75. The number of nitrogens with two attached hydrogens (primary N) is 1. The molecule has 2 rings (SSSR count). The summed E-state index contributed by atoms with van der Waals surface area (Å²) in [5, 5.41) is 4.47. The van der Waals surface area contributed by atoms with Crippen molar-refractivity contribution >= 4 is 27.5 Å². The van der Waals surface area contributed by atoms with Gasteiger partial charge in [0.15, 0.2) is 5.82 Å². The molecule has 0 saturated heterocycles. The minimum absolute atomic E-state index is 0.325. The second-order valence-electron chi connectivity index (χ2n) is 4.99. The molecule has 0 fully saturated rings. The number of benzene rings is 1. The van der Waals surface area contributed by atoms with Crippen LogP contribution in [0.5, 0.6) is 0 Å². The van der Waals surface area contributed by atoms with E-state index < -0.39 is 5.54 Å². The fourth-order valence-corrected chi connectivity index (χ4v) is 2.30. The van der Waals surface area contributed by atoms with Gasteiger partial charge < -0.3 is 15.0 Å². The van der Waals surface area contributed by atoms with Crippen LogP contribution in [0.4, 0.5) is 0 Å². The van der Waals surface area contributed by atoms with Crippen LogP contribution in [0.25, 0.3) is 11.5 Å². The van der Waals surface area contributed by atoms with Crippen molar-refractivity contribution in [3.05, 3.63) is 33.5 Å². The molecule has 1 aromatic carbocycles. The molecule has 7 heteroatoms. The molecule has 1 heterocycles. The third-order valence-corrected chi connectivity index (χ3v) is 4.17. The fourth-order valence-electron chi connectivity index (χ4n) is 1.73. The molecule has 21 heavy (non-hydrogen) atoms. The van der Waals surface area contributed by atoms with Crippen molar-refractivity contribution in [3.63, 3.8) is 0 Å². The summed E-state index contributed by atoms with van der Waals surface area (Å²) in [6, 6.07) is 5.50. The van der Waals surface area contributed by atoms with Gasteiger partial charge in [-0.3, -0.25) is 0 Å². The molecule has 0 aliphatic heterocycles. The largest absolute Gasteiger partial charge is 0.379 e. The highest BCUT2D eigenvalue weighted by Crippen LogP contribution is 2.33. The van der Waals surface area contributed by atoms with Gasteiger partial charge >= 0.3 is 0 Å². The molecule has 1 atom stereocenters. The van der Waals surface area contributed by atoms with E-state index in [1.165, 1.54) is 0 Å². The molecule has 1 unspecified atom stereocenters. The van der Waals surface area contributed by atoms with E-state index in [-0.39, 0.29) is 0 Å². The summed E-state index contributed by atoms with van der Waals surface area (Å²) in [7, 11) is 0. The van der Waals surface area contributed by atoms with Gasteiger partial charge in [0.1, 0.15) is 5.54 Å². The van der Waals surface area contributed by atoms with E-state index in [1.807, 2.05) is 25.1 Å². The van der Waals surface area contributed by atoms with Crippen LogP contribution in [-0.4, -0.2) is 23.4 Å². The topological polar surface area (TPSA) is 74.2 Å². The molecule has 0 aliphatic carbocycles. The SMILES string of the molecule is CCCOCC(C)(N)c1noc(-c2cccc(Br)c2Cl)n1. The molecule has 1 aromatic heterocycles. The summed E-state index contributed by atoms with van der Waals surface area (Å²) in [5.74, 6) is 0.730. The number of hydrogen-bond donors (Lipinski definition) is 1. The maximum atomic E-state index is 6.22. The van der Waals surface area contributed by atoms with Crippen molar-refractivity contribution in [3.8, 4) is 11.5 Å². The van der Waals surface area contributed by atoms with Gasteiger partial charge in [0, 0.05) is 11.1 Å². The monoisotopic (exact) mass is 373 g/mol. The Morgan fingerprint density at radius 2 is 2.24 bits per heavy atom. The summed E-state index contributed by atoms with van der Waals surface area (Å²) in [6.45, 7) is 4.82. The van der Waals surface area contributed by atoms with Gasteiger partial charge in [-0.25, -0.2) is 0 Å². The van der Waals surface area contributed by atoms with Crippen LogP contribution in [0, 0.1) is 0 Å². The van der Waals surface area contributed by atoms with E-state index in [9.17, 15) is 0 Å². The molecule has 0 aliphatic rings. The normalized spacial score (nSPS) is 14.1. The van der Waals surface area contributed by atoms with E-state index in [1.54, 1.807) is 6.92 Å². The Morgan fingerprint density at radius 1 is 1.48 bits per heavy atom. The average Bonchev–Trinajstić information content (AvgIpc) is 2.92. The second-order valence-corrected chi connectivity index (χ2v) is 6.23. The van der Waals surface area contributed by atoms with E-state index in [2.05, 4.69) is 26.1 Å². The molecule has 2 aromatic rings. The van der Waals surface area contributed by atoms with Crippen LogP contribution in [-0.2, 0) is 10.3 Å². The first kappa shape index (κ1) is 16.4. The molecule has 0 bridgehead atoms. The molecule has 2 N–H and O–H groups in total. The Kier molecular flexibility index (Phi) is 5.37. The molecule has 5 nitrogen and oxygen atoms in total. The lowest BCUT2D eigenvalue weighted by Crippen LogP contribution is -2.39. The molecule has 0 amide bonds. The van der Waals surface area contributed by atoms with Gasteiger partial charge in [-0.1, -0.05) is 29.7 Å². The van der Waals surface area contributed by atoms with Crippen LogP contribution in [0.1, 0.15) is 26.1 Å². The minimum Gasteiger partial charge on any atom is -0.379 e. The summed E-state index contributed by atoms with van der Waals surface area (Å²) < 4.78 is 11.5. The number of aromatic nitrogens is 2. The van der Waals surface area contributed by atoms with Crippen molar-refractivity contribution in [2.24, 2.45) is 5.73 Å². The van der Waals surface area contributed by atoms with Gasteiger partial charge in [-0.15, -0.1) is 0 Å².